The van der Waals surface area contributed by atoms with Gasteiger partial charge in [-0.1, -0.05) is 30.3 Å². The van der Waals surface area contributed by atoms with E-state index in [0.29, 0.717) is 6.42 Å². The van der Waals surface area contributed by atoms with E-state index in [1.54, 1.807) is 0 Å². The Morgan fingerprint density at radius 2 is 2.00 bits per heavy atom. The van der Waals surface area contributed by atoms with Crippen molar-refractivity contribution in [3.63, 3.8) is 0 Å². The summed E-state index contributed by atoms with van der Waals surface area (Å²) in [6, 6.07) is 8.76. The first-order valence-corrected chi connectivity index (χ1v) is 5.44. The van der Waals surface area contributed by atoms with E-state index in [4.69, 9.17) is 16.7 Å². The second kappa shape index (κ2) is 6.35. The van der Waals surface area contributed by atoms with Crippen molar-refractivity contribution in [2.75, 3.05) is 5.88 Å². The number of aliphatic hydroxyl groups excluding tert-OH is 1. The Morgan fingerprint density at radius 3 is 2.50 bits per heavy atom. The van der Waals surface area contributed by atoms with Gasteiger partial charge in [0.1, 0.15) is 0 Å². The number of nitrogens with one attached hydrogen (secondary N) is 1. The van der Waals surface area contributed by atoms with Crippen LogP contribution in [0.3, 0.4) is 0 Å². The van der Waals surface area contributed by atoms with Crippen LogP contribution in [0.2, 0.25) is 0 Å². The number of aliphatic hydroxyl groups is 1. The zero-order valence-corrected chi connectivity index (χ0v) is 9.39. The van der Waals surface area contributed by atoms with Crippen LogP contribution in [-0.4, -0.2) is 34.3 Å². The van der Waals surface area contributed by atoms with Gasteiger partial charge in [-0.3, -0.25) is 0 Å². The SMILES string of the molecule is O=C(O)N[C@@H](Cc1ccccc1)C(O)CCl. The van der Waals surface area contributed by atoms with E-state index in [9.17, 15) is 9.90 Å². The third-order valence-electron chi connectivity index (χ3n) is 2.23. The minimum atomic E-state index is -1.16. The second-order valence-corrected chi connectivity index (χ2v) is 3.78. The van der Waals surface area contributed by atoms with Crippen LogP contribution in [0.5, 0.6) is 0 Å². The van der Waals surface area contributed by atoms with Gasteiger partial charge >= 0.3 is 6.09 Å². The topological polar surface area (TPSA) is 69.6 Å². The fourth-order valence-electron chi connectivity index (χ4n) is 1.42. The smallest absolute Gasteiger partial charge is 0.404 e. The van der Waals surface area contributed by atoms with Gasteiger partial charge in [0.15, 0.2) is 0 Å². The number of carbonyl (C=O) groups is 1. The number of benzene rings is 1. The third-order valence-corrected chi connectivity index (χ3v) is 2.55. The lowest BCUT2D eigenvalue weighted by Gasteiger charge is -2.21. The Balaban J connectivity index is 2.67. The highest BCUT2D eigenvalue weighted by Crippen LogP contribution is 2.07. The van der Waals surface area contributed by atoms with Crippen molar-refractivity contribution < 1.29 is 15.0 Å². The molecule has 1 rings (SSSR count). The Morgan fingerprint density at radius 1 is 1.38 bits per heavy atom. The molecule has 0 saturated heterocycles. The maximum Gasteiger partial charge on any atom is 0.404 e. The average molecular weight is 244 g/mol. The quantitative estimate of drug-likeness (QED) is 0.686. The lowest BCUT2D eigenvalue weighted by molar-refractivity contribution is 0.135. The molecule has 0 spiro atoms. The van der Waals surface area contributed by atoms with Crippen LogP contribution < -0.4 is 5.32 Å². The van der Waals surface area contributed by atoms with Crippen LogP contribution in [0.15, 0.2) is 30.3 Å². The predicted octanol–water partition coefficient (Wildman–Crippen LogP) is 1.46. The van der Waals surface area contributed by atoms with Crippen LogP contribution in [0, 0.1) is 0 Å². The van der Waals surface area contributed by atoms with Crippen molar-refractivity contribution in [1.29, 1.82) is 0 Å². The van der Waals surface area contributed by atoms with Crippen LogP contribution >= 0.6 is 11.6 Å². The van der Waals surface area contributed by atoms with Gasteiger partial charge in [0.25, 0.3) is 0 Å². The summed E-state index contributed by atoms with van der Waals surface area (Å²) < 4.78 is 0. The summed E-state index contributed by atoms with van der Waals surface area (Å²) in [5.74, 6) is -0.00220. The van der Waals surface area contributed by atoms with Crippen molar-refractivity contribution in [3.8, 4) is 0 Å². The monoisotopic (exact) mass is 243 g/mol. The molecule has 0 bridgehead atoms. The zero-order chi connectivity index (χ0) is 12.0. The Hall–Kier alpha value is -1.26. The summed E-state index contributed by atoms with van der Waals surface area (Å²) in [6.45, 7) is 0. The Bertz CT molecular complexity index is 331. The van der Waals surface area contributed by atoms with Gasteiger partial charge in [-0.15, -0.1) is 11.6 Å². The van der Waals surface area contributed by atoms with Gasteiger partial charge in [-0.05, 0) is 12.0 Å². The van der Waals surface area contributed by atoms with Gasteiger partial charge in [0.2, 0.25) is 0 Å². The number of hydrogen-bond donors (Lipinski definition) is 3. The summed E-state index contributed by atoms with van der Waals surface area (Å²) in [7, 11) is 0. The fourth-order valence-corrected chi connectivity index (χ4v) is 1.63. The second-order valence-electron chi connectivity index (χ2n) is 3.47. The van der Waals surface area contributed by atoms with Crippen LogP contribution in [0.25, 0.3) is 0 Å². The van der Waals surface area contributed by atoms with Crippen molar-refractivity contribution in [2.45, 2.75) is 18.6 Å². The molecule has 0 saturated carbocycles. The summed E-state index contributed by atoms with van der Waals surface area (Å²) in [5.41, 5.74) is 0.949. The van der Waals surface area contributed by atoms with Gasteiger partial charge in [0, 0.05) is 0 Å². The molecule has 2 atom stereocenters. The predicted molar refractivity (Wildman–Crippen MR) is 61.8 cm³/mol. The maximum atomic E-state index is 10.6. The summed E-state index contributed by atoms with van der Waals surface area (Å²) in [4.78, 5) is 10.6. The first-order chi connectivity index (χ1) is 7.63. The molecule has 0 aliphatic carbocycles. The molecule has 0 heterocycles. The molecule has 0 radical (unpaired) electrons. The number of amides is 1. The maximum absolute atomic E-state index is 10.6. The molecule has 1 amide bonds. The zero-order valence-electron chi connectivity index (χ0n) is 8.64. The molecule has 4 nitrogen and oxygen atoms in total. The van der Waals surface area contributed by atoms with Gasteiger partial charge < -0.3 is 15.5 Å². The first-order valence-electron chi connectivity index (χ1n) is 4.91. The molecule has 0 fully saturated rings. The van der Waals surface area contributed by atoms with E-state index < -0.39 is 18.2 Å². The number of halogens is 1. The molecule has 16 heavy (non-hydrogen) atoms. The number of alkyl halides is 1. The molecule has 0 aliphatic heterocycles. The van der Waals surface area contributed by atoms with E-state index >= 15 is 0 Å². The first kappa shape index (κ1) is 12.8. The number of hydrogen-bond acceptors (Lipinski definition) is 2. The molecule has 1 aromatic carbocycles. The minimum absolute atomic E-state index is 0.00220. The summed E-state index contributed by atoms with van der Waals surface area (Å²) in [5, 5.41) is 20.5. The van der Waals surface area contributed by atoms with E-state index in [2.05, 4.69) is 5.32 Å². The Kier molecular flexibility index (Phi) is 5.08. The average Bonchev–Trinajstić information content (AvgIpc) is 2.28. The molecule has 1 aromatic rings. The van der Waals surface area contributed by atoms with Gasteiger partial charge in [0.05, 0.1) is 18.0 Å². The number of carboxylic acid groups (broad SMARTS) is 1. The van der Waals surface area contributed by atoms with Crippen molar-refractivity contribution >= 4 is 17.7 Å². The molecular formula is C11H14ClNO3. The molecular weight excluding hydrogens is 230 g/mol. The largest absolute Gasteiger partial charge is 0.465 e. The molecule has 88 valence electrons. The molecule has 5 heteroatoms. The lowest BCUT2D eigenvalue weighted by atomic mass is 10.0. The van der Waals surface area contributed by atoms with Crippen LogP contribution in [-0.2, 0) is 6.42 Å². The van der Waals surface area contributed by atoms with Crippen molar-refractivity contribution in [2.24, 2.45) is 0 Å². The van der Waals surface area contributed by atoms with Crippen LogP contribution in [0.4, 0.5) is 4.79 Å². The molecule has 0 aromatic heterocycles. The minimum Gasteiger partial charge on any atom is -0.465 e. The molecule has 0 aliphatic rings. The van der Waals surface area contributed by atoms with E-state index in [1.807, 2.05) is 30.3 Å². The van der Waals surface area contributed by atoms with Gasteiger partial charge in [-0.25, -0.2) is 4.79 Å². The Labute approximate surface area is 98.9 Å². The summed E-state index contributed by atoms with van der Waals surface area (Å²) in [6.07, 6.45) is -1.64. The molecule has 1 unspecified atom stereocenters. The van der Waals surface area contributed by atoms with Crippen LogP contribution in [0.1, 0.15) is 5.56 Å². The van der Waals surface area contributed by atoms with Crippen molar-refractivity contribution in [3.05, 3.63) is 35.9 Å². The highest BCUT2D eigenvalue weighted by atomic mass is 35.5. The number of rotatable bonds is 5. The fraction of sp³-hybridized carbons (Fsp3) is 0.364. The van der Waals surface area contributed by atoms with Gasteiger partial charge in [-0.2, -0.15) is 0 Å². The van der Waals surface area contributed by atoms with E-state index in [-0.39, 0.29) is 5.88 Å². The van der Waals surface area contributed by atoms with E-state index in [0.717, 1.165) is 5.56 Å². The van der Waals surface area contributed by atoms with Crippen molar-refractivity contribution in [1.82, 2.24) is 5.32 Å². The standard InChI is InChI=1S/C11H14ClNO3/c12-7-10(14)9(13-11(15)16)6-8-4-2-1-3-5-8/h1-5,9-10,13-14H,6-7H2,(H,15,16)/t9-,10?/m0/s1. The normalized spacial score (nSPS) is 14.1. The summed E-state index contributed by atoms with van der Waals surface area (Å²) >= 11 is 5.51. The van der Waals surface area contributed by atoms with E-state index in [1.165, 1.54) is 0 Å². The third kappa shape index (κ3) is 4.08. The highest BCUT2D eigenvalue weighted by Gasteiger charge is 2.20. The highest BCUT2D eigenvalue weighted by molar-refractivity contribution is 6.18. The molecule has 3 N–H and O–H groups in total. The lowest BCUT2D eigenvalue weighted by Crippen LogP contribution is -2.45.